The molecule has 2 nitrogen and oxygen atoms in total. The first-order valence-electron chi connectivity index (χ1n) is 11.5. The summed E-state index contributed by atoms with van der Waals surface area (Å²) in [6, 6.07) is 28.1. The molecule has 1 aliphatic rings. The van der Waals surface area contributed by atoms with Gasteiger partial charge in [-0.3, -0.25) is 5.32 Å². The summed E-state index contributed by atoms with van der Waals surface area (Å²) in [4.78, 5) is 1.40. The number of ether oxygens (including phenoxy) is 1. The second kappa shape index (κ2) is 10.4. The molecule has 162 valence electrons. The first-order valence-corrected chi connectivity index (χ1v) is 12.5. The van der Waals surface area contributed by atoms with Gasteiger partial charge in [0.2, 0.25) is 0 Å². The third kappa shape index (κ3) is 5.34. The number of nitrogens with one attached hydrogen (secondary N) is 1. The number of fused-ring (bicyclic) bond motifs is 1. The van der Waals surface area contributed by atoms with E-state index in [1.807, 2.05) is 30.0 Å². The molecule has 0 bridgehead atoms. The predicted molar refractivity (Wildman–Crippen MR) is 132 cm³/mol. The molecule has 2 atom stereocenters. The van der Waals surface area contributed by atoms with Crippen LogP contribution in [0.2, 0.25) is 0 Å². The zero-order valence-corrected chi connectivity index (χ0v) is 19.5. The highest BCUT2D eigenvalue weighted by Gasteiger charge is 2.35. The largest absolute Gasteiger partial charge is 0.489 e. The van der Waals surface area contributed by atoms with Crippen molar-refractivity contribution in [3.05, 3.63) is 95.6 Å². The average molecular weight is 432 g/mol. The number of hydrogen-bond acceptors (Lipinski definition) is 3. The lowest BCUT2D eigenvalue weighted by molar-refractivity contribution is 0.296. The molecule has 1 heterocycles. The van der Waals surface area contributed by atoms with Gasteiger partial charge in [-0.05, 0) is 47.7 Å². The topological polar surface area (TPSA) is 21.3 Å². The van der Waals surface area contributed by atoms with Crippen LogP contribution in [0, 0.1) is 0 Å². The number of unbranched alkanes of at least 4 members (excludes halogenated alkanes) is 1. The zero-order valence-electron chi connectivity index (χ0n) is 18.6. The molecule has 3 heteroatoms. The Labute approximate surface area is 191 Å². The molecule has 1 N–H and O–H groups in total. The van der Waals surface area contributed by atoms with Crippen LogP contribution in [0.1, 0.15) is 62.3 Å². The molecule has 0 aromatic heterocycles. The van der Waals surface area contributed by atoms with Crippen LogP contribution >= 0.6 is 11.8 Å². The van der Waals surface area contributed by atoms with E-state index in [2.05, 4.69) is 79.8 Å². The predicted octanol–water partition coefficient (Wildman–Crippen LogP) is 7.39. The van der Waals surface area contributed by atoms with Crippen LogP contribution in [0.3, 0.4) is 0 Å². The van der Waals surface area contributed by atoms with E-state index < -0.39 is 0 Å². The summed E-state index contributed by atoms with van der Waals surface area (Å²) in [5, 5.41) is 4.10. The van der Waals surface area contributed by atoms with Gasteiger partial charge in [0.05, 0.1) is 6.04 Å². The zero-order chi connectivity index (χ0) is 21.5. The van der Waals surface area contributed by atoms with Crippen molar-refractivity contribution in [1.29, 1.82) is 0 Å². The SMILES string of the molecule is CCCC[C@]1(CC)CSc2ccccc2[C@H](c2ccc(OCc3ccccc3)cc2)N1. The van der Waals surface area contributed by atoms with Crippen LogP contribution in [0.15, 0.2) is 83.8 Å². The Morgan fingerprint density at radius 1 is 0.935 bits per heavy atom. The highest BCUT2D eigenvalue weighted by atomic mass is 32.2. The number of hydrogen-bond donors (Lipinski definition) is 1. The average Bonchev–Trinajstić information content (AvgIpc) is 3.00. The smallest absolute Gasteiger partial charge is 0.119 e. The van der Waals surface area contributed by atoms with Crippen molar-refractivity contribution < 1.29 is 4.74 Å². The summed E-state index contributed by atoms with van der Waals surface area (Å²) >= 11 is 2.01. The molecule has 0 unspecified atom stereocenters. The molecule has 31 heavy (non-hydrogen) atoms. The van der Waals surface area contributed by atoms with E-state index >= 15 is 0 Å². The standard InChI is InChI=1S/C28H33NOS/c1-3-5-19-28(4-2)21-31-26-14-10-9-13-25(26)27(29-28)23-15-17-24(18-16-23)30-20-22-11-7-6-8-12-22/h6-18,27,29H,3-5,19-21H2,1-2H3/t27-,28+/m0/s1. The maximum absolute atomic E-state index is 6.02. The van der Waals surface area contributed by atoms with E-state index in [1.54, 1.807) is 0 Å². The van der Waals surface area contributed by atoms with Crippen LogP contribution in [-0.2, 0) is 6.61 Å². The summed E-state index contributed by atoms with van der Waals surface area (Å²) in [5.74, 6) is 2.03. The molecule has 0 saturated carbocycles. The molecule has 0 spiro atoms. The number of thioether (sulfide) groups is 1. The lowest BCUT2D eigenvalue weighted by Crippen LogP contribution is -2.48. The van der Waals surface area contributed by atoms with Crippen LogP contribution in [0.4, 0.5) is 0 Å². The molecule has 3 aromatic rings. The van der Waals surface area contributed by atoms with E-state index in [0.717, 1.165) is 17.9 Å². The lowest BCUT2D eigenvalue weighted by Gasteiger charge is -2.36. The van der Waals surface area contributed by atoms with Crippen LogP contribution < -0.4 is 10.1 Å². The van der Waals surface area contributed by atoms with Gasteiger partial charge >= 0.3 is 0 Å². The summed E-state index contributed by atoms with van der Waals surface area (Å²) in [5.41, 5.74) is 4.03. The Morgan fingerprint density at radius 3 is 2.42 bits per heavy atom. The Bertz CT molecular complexity index is 956. The fraction of sp³-hybridized carbons (Fsp3) is 0.357. The summed E-state index contributed by atoms with van der Waals surface area (Å²) in [7, 11) is 0. The number of benzene rings is 3. The second-order valence-corrected chi connectivity index (χ2v) is 9.50. The van der Waals surface area contributed by atoms with Crippen molar-refractivity contribution >= 4 is 11.8 Å². The Hall–Kier alpha value is -2.23. The van der Waals surface area contributed by atoms with Gasteiger partial charge in [0.1, 0.15) is 12.4 Å². The molecule has 1 aliphatic heterocycles. The third-order valence-electron chi connectivity index (χ3n) is 6.33. The highest BCUT2D eigenvalue weighted by Crippen LogP contribution is 2.41. The van der Waals surface area contributed by atoms with Crippen molar-refractivity contribution in [3.8, 4) is 5.75 Å². The fourth-order valence-electron chi connectivity index (χ4n) is 4.29. The lowest BCUT2D eigenvalue weighted by atomic mass is 9.88. The van der Waals surface area contributed by atoms with Gasteiger partial charge in [-0.25, -0.2) is 0 Å². The second-order valence-electron chi connectivity index (χ2n) is 8.48. The van der Waals surface area contributed by atoms with Crippen molar-refractivity contribution in [3.63, 3.8) is 0 Å². The minimum atomic E-state index is 0.160. The molecule has 3 aromatic carbocycles. The maximum Gasteiger partial charge on any atom is 0.119 e. The summed E-state index contributed by atoms with van der Waals surface area (Å²) < 4.78 is 6.02. The van der Waals surface area contributed by atoms with Gasteiger partial charge in [-0.1, -0.05) is 87.4 Å². The highest BCUT2D eigenvalue weighted by molar-refractivity contribution is 7.99. The van der Waals surface area contributed by atoms with Gasteiger partial charge in [-0.15, -0.1) is 11.8 Å². The first-order chi connectivity index (χ1) is 15.2. The van der Waals surface area contributed by atoms with Crippen molar-refractivity contribution in [2.75, 3.05) is 5.75 Å². The first kappa shape index (κ1) is 22.0. The Balaban J connectivity index is 1.57. The minimum Gasteiger partial charge on any atom is -0.489 e. The third-order valence-corrected chi connectivity index (χ3v) is 7.71. The molecular formula is C28H33NOS. The van der Waals surface area contributed by atoms with E-state index in [9.17, 15) is 0 Å². The molecule has 0 radical (unpaired) electrons. The van der Waals surface area contributed by atoms with Crippen LogP contribution in [0.5, 0.6) is 5.75 Å². The quantitative estimate of drug-likeness (QED) is 0.402. The van der Waals surface area contributed by atoms with Crippen molar-refractivity contribution in [2.24, 2.45) is 0 Å². The van der Waals surface area contributed by atoms with Gasteiger partial charge in [0.15, 0.2) is 0 Å². The minimum absolute atomic E-state index is 0.160. The molecule has 0 fully saturated rings. The molecular weight excluding hydrogens is 398 g/mol. The van der Waals surface area contributed by atoms with Gasteiger partial charge in [-0.2, -0.15) is 0 Å². The van der Waals surface area contributed by atoms with Crippen molar-refractivity contribution in [1.82, 2.24) is 5.32 Å². The van der Waals surface area contributed by atoms with Gasteiger partial charge < -0.3 is 4.74 Å². The summed E-state index contributed by atoms with van der Waals surface area (Å²) in [6.07, 6.45) is 4.86. The molecule has 4 rings (SSSR count). The van der Waals surface area contributed by atoms with Crippen molar-refractivity contribution in [2.45, 2.75) is 62.6 Å². The van der Waals surface area contributed by atoms with Gasteiger partial charge in [0.25, 0.3) is 0 Å². The molecule has 0 amide bonds. The molecule has 0 aliphatic carbocycles. The summed E-state index contributed by atoms with van der Waals surface area (Å²) in [6.45, 7) is 5.21. The van der Waals surface area contributed by atoms with E-state index in [1.165, 1.54) is 40.8 Å². The normalized spacial score (nSPS) is 20.6. The van der Waals surface area contributed by atoms with Gasteiger partial charge in [0, 0.05) is 16.2 Å². The molecule has 0 saturated heterocycles. The van der Waals surface area contributed by atoms with E-state index in [0.29, 0.717) is 6.61 Å². The Morgan fingerprint density at radius 2 is 1.68 bits per heavy atom. The monoisotopic (exact) mass is 431 g/mol. The fourth-order valence-corrected chi connectivity index (χ4v) is 5.68. The van der Waals surface area contributed by atoms with E-state index in [-0.39, 0.29) is 11.6 Å². The van der Waals surface area contributed by atoms with Crippen LogP contribution in [0.25, 0.3) is 0 Å². The number of rotatable bonds is 8. The Kier molecular flexibility index (Phi) is 7.37. The van der Waals surface area contributed by atoms with Crippen LogP contribution in [-0.4, -0.2) is 11.3 Å². The van der Waals surface area contributed by atoms with E-state index in [4.69, 9.17) is 4.74 Å². The maximum atomic E-state index is 6.02.